The van der Waals surface area contributed by atoms with Crippen LogP contribution in [0.3, 0.4) is 0 Å². The minimum Gasteiger partial charge on any atom is -0.462 e. The standard InChI is InChI=1S/C47H85NO9/c1-6-9-12-15-16-17-18-19-20-21-22-23-24-25-28-29-33-42(57-47(52)53-39-32-38-48(4)5)36-37-46(51)56-43(40-54-44(49)34-30-26-13-10-7-2)41-55-45(50)35-31-27-14-11-8-3/h16-17,19-20,42-43H,6-15,18,21-41H2,1-5H3. The largest absolute Gasteiger partial charge is 0.508 e. The predicted molar refractivity (Wildman–Crippen MR) is 231 cm³/mol. The normalized spacial score (nSPS) is 12.1. The molecule has 0 aromatic rings. The van der Waals surface area contributed by atoms with Crippen LogP contribution in [0.25, 0.3) is 0 Å². The number of allylic oxidation sites excluding steroid dienone is 4. The summed E-state index contributed by atoms with van der Waals surface area (Å²) in [6.45, 7) is 7.20. The lowest BCUT2D eigenvalue weighted by atomic mass is 10.0. The van der Waals surface area contributed by atoms with Crippen LogP contribution in [0.15, 0.2) is 24.3 Å². The van der Waals surface area contributed by atoms with Crippen molar-refractivity contribution in [1.82, 2.24) is 4.90 Å². The summed E-state index contributed by atoms with van der Waals surface area (Å²) in [6, 6.07) is 0. The third-order valence-electron chi connectivity index (χ3n) is 9.76. The lowest BCUT2D eigenvalue weighted by Crippen LogP contribution is -2.31. The van der Waals surface area contributed by atoms with Gasteiger partial charge in [0.15, 0.2) is 6.10 Å². The van der Waals surface area contributed by atoms with E-state index in [1.54, 1.807) is 0 Å². The van der Waals surface area contributed by atoms with Crippen LogP contribution in [0.4, 0.5) is 4.79 Å². The first kappa shape index (κ1) is 54.1. The van der Waals surface area contributed by atoms with Crippen LogP contribution in [0, 0.1) is 0 Å². The summed E-state index contributed by atoms with van der Waals surface area (Å²) in [4.78, 5) is 52.5. The Morgan fingerprint density at radius 3 is 1.53 bits per heavy atom. The minimum atomic E-state index is -0.917. The van der Waals surface area contributed by atoms with Gasteiger partial charge in [0.25, 0.3) is 0 Å². The van der Waals surface area contributed by atoms with Crippen molar-refractivity contribution < 1.29 is 42.9 Å². The smallest absolute Gasteiger partial charge is 0.462 e. The molecule has 0 aliphatic rings. The topological polar surface area (TPSA) is 118 Å². The molecule has 0 saturated heterocycles. The first-order valence-electron chi connectivity index (χ1n) is 23.0. The van der Waals surface area contributed by atoms with Crippen LogP contribution >= 0.6 is 0 Å². The van der Waals surface area contributed by atoms with Gasteiger partial charge in [0.2, 0.25) is 0 Å². The molecule has 1 unspecified atom stereocenters. The first-order valence-corrected chi connectivity index (χ1v) is 23.0. The fourth-order valence-corrected chi connectivity index (χ4v) is 6.23. The SMILES string of the molecule is CCCCCC=CCC=CCCCCCCCCC(CCC(=O)OC(COC(=O)CCCCCCC)COC(=O)CCCCCCC)OC(=O)OCCCN(C)C. The summed E-state index contributed by atoms with van der Waals surface area (Å²) in [7, 11) is 3.92. The number of esters is 3. The molecule has 0 spiro atoms. The van der Waals surface area contributed by atoms with Gasteiger partial charge in [-0.05, 0) is 84.7 Å². The Bertz CT molecular complexity index is 998. The van der Waals surface area contributed by atoms with Crippen molar-refractivity contribution in [1.29, 1.82) is 0 Å². The van der Waals surface area contributed by atoms with Gasteiger partial charge in [0.05, 0.1) is 6.61 Å². The third-order valence-corrected chi connectivity index (χ3v) is 9.76. The molecule has 10 heteroatoms. The molecule has 0 fully saturated rings. The first-order chi connectivity index (χ1) is 27.7. The molecule has 1 atom stereocenters. The van der Waals surface area contributed by atoms with E-state index >= 15 is 0 Å². The molecular weight excluding hydrogens is 723 g/mol. The van der Waals surface area contributed by atoms with E-state index in [1.807, 2.05) is 19.0 Å². The Morgan fingerprint density at radius 2 is 0.965 bits per heavy atom. The average Bonchev–Trinajstić information content (AvgIpc) is 3.19. The molecule has 0 aromatic carbocycles. The van der Waals surface area contributed by atoms with Crippen LogP contribution in [-0.4, -0.2) is 81.6 Å². The maximum atomic E-state index is 13.1. The number of carbonyl (C=O) groups is 4. The van der Waals surface area contributed by atoms with E-state index in [9.17, 15) is 19.2 Å². The Morgan fingerprint density at radius 1 is 0.474 bits per heavy atom. The summed E-state index contributed by atoms with van der Waals surface area (Å²) in [5, 5.41) is 0. The molecule has 0 aliphatic heterocycles. The van der Waals surface area contributed by atoms with Crippen molar-refractivity contribution >= 4 is 24.1 Å². The maximum absolute atomic E-state index is 13.1. The number of rotatable bonds is 40. The summed E-state index contributed by atoms with van der Waals surface area (Å²) in [5.74, 6) is -1.25. The molecule has 0 aliphatic carbocycles. The lowest BCUT2D eigenvalue weighted by molar-refractivity contribution is -0.167. The third kappa shape index (κ3) is 39.7. The molecule has 0 heterocycles. The number of nitrogens with zero attached hydrogens (tertiary/aromatic N) is 1. The Kier molecular flexibility index (Phi) is 39.2. The van der Waals surface area contributed by atoms with Gasteiger partial charge in [-0.15, -0.1) is 0 Å². The van der Waals surface area contributed by atoms with Crippen molar-refractivity contribution in [2.24, 2.45) is 0 Å². The Labute approximate surface area is 348 Å². The van der Waals surface area contributed by atoms with E-state index in [0.29, 0.717) is 25.7 Å². The molecule has 0 N–H and O–H groups in total. The van der Waals surface area contributed by atoms with Crippen LogP contribution in [-0.2, 0) is 38.1 Å². The fraction of sp³-hybridized carbons (Fsp3) is 0.830. The van der Waals surface area contributed by atoms with Gasteiger partial charge in [-0.1, -0.05) is 135 Å². The summed E-state index contributed by atoms with van der Waals surface area (Å²) < 4.78 is 27.6. The molecule has 57 heavy (non-hydrogen) atoms. The molecule has 0 bridgehead atoms. The second kappa shape index (κ2) is 41.3. The van der Waals surface area contributed by atoms with E-state index in [0.717, 1.165) is 109 Å². The van der Waals surface area contributed by atoms with E-state index in [4.69, 9.17) is 23.7 Å². The van der Waals surface area contributed by atoms with Gasteiger partial charge < -0.3 is 28.6 Å². The fourth-order valence-electron chi connectivity index (χ4n) is 6.23. The van der Waals surface area contributed by atoms with Crippen LogP contribution < -0.4 is 0 Å². The van der Waals surface area contributed by atoms with Crippen LogP contribution in [0.5, 0.6) is 0 Å². The van der Waals surface area contributed by atoms with E-state index in [2.05, 4.69) is 45.1 Å². The maximum Gasteiger partial charge on any atom is 0.508 e. The highest BCUT2D eigenvalue weighted by atomic mass is 16.7. The zero-order chi connectivity index (χ0) is 42.0. The minimum absolute atomic E-state index is 0.00596. The number of hydrogen-bond donors (Lipinski definition) is 0. The second-order valence-electron chi connectivity index (χ2n) is 15.7. The second-order valence-corrected chi connectivity index (χ2v) is 15.7. The quantitative estimate of drug-likeness (QED) is 0.0256. The number of carbonyl (C=O) groups excluding carboxylic acids is 4. The highest BCUT2D eigenvalue weighted by Crippen LogP contribution is 2.17. The van der Waals surface area contributed by atoms with Gasteiger partial charge in [0.1, 0.15) is 19.3 Å². The number of hydrogen-bond acceptors (Lipinski definition) is 10. The van der Waals surface area contributed by atoms with Gasteiger partial charge >= 0.3 is 24.1 Å². The van der Waals surface area contributed by atoms with Crippen molar-refractivity contribution in [2.75, 3.05) is 40.5 Å². The summed E-state index contributed by atoms with van der Waals surface area (Å²) in [6.07, 6.45) is 32.9. The molecule has 0 amide bonds. The highest BCUT2D eigenvalue weighted by molar-refractivity contribution is 5.71. The van der Waals surface area contributed by atoms with E-state index in [-0.39, 0.29) is 44.6 Å². The zero-order valence-electron chi connectivity index (χ0n) is 37.2. The van der Waals surface area contributed by atoms with Gasteiger partial charge in [-0.3, -0.25) is 14.4 Å². The van der Waals surface area contributed by atoms with E-state index in [1.165, 1.54) is 38.5 Å². The van der Waals surface area contributed by atoms with Crippen LogP contribution in [0.1, 0.15) is 201 Å². The predicted octanol–water partition coefficient (Wildman–Crippen LogP) is 12.2. The molecule has 0 saturated carbocycles. The average molecular weight is 808 g/mol. The van der Waals surface area contributed by atoms with E-state index < -0.39 is 24.3 Å². The number of ether oxygens (including phenoxy) is 5. The van der Waals surface area contributed by atoms with Gasteiger partial charge in [0, 0.05) is 25.8 Å². The molecule has 0 rings (SSSR count). The molecule has 10 nitrogen and oxygen atoms in total. The van der Waals surface area contributed by atoms with Crippen molar-refractivity contribution in [3.63, 3.8) is 0 Å². The summed E-state index contributed by atoms with van der Waals surface area (Å²) >= 11 is 0. The zero-order valence-corrected chi connectivity index (χ0v) is 37.2. The van der Waals surface area contributed by atoms with Crippen molar-refractivity contribution in [2.45, 2.75) is 213 Å². The molecule has 0 radical (unpaired) electrons. The lowest BCUT2D eigenvalue weighted by Gasteiger charge is -2.20. The van der Waals surface area contributed by atoms with Gasteiger partial charge in [-0.2, -0.15) is 0 Å². The Balaban J connectivity index is 4.97. The van der Waals surface area contributed by atoms with Crippen molar-refractivity contribution in [3.8, 4) is 0 Å². The molecule has 0 aromatic heterocycles. The molecular formula is C47H85NO9. The van der Waals surface area contributed by atoms with Crippen LogP contribution in [0.2, 0.25) is 0 Å². The Hall–Kier alpha value is -2.88. The molecule has 332 valence electrons. The van der Waals surface area contributed by atoms with Gasteiger partial charge in [-0.25, -0.2) is 4.79 Å². The summed E-state index contributed by atoms with van der Waals surface area (Å²) in [5.41, 5.74) is 0. The van der Waals surface area contributed by atoms with Crippen molar-refractivity contribution in [3.05, 3.63) is 24.3 Å². The number of unbranched alkanes of at least 4 members (excludes halogenated alkanes) is 17. The monoisotopic (exact) mass is 808 g/mol. The highest BCUT2D eigenvalue weighted by Gasteiger charge is 2.22.